The number of hydrogen-bond acceptors (Lipinski definition) is 2. The topological polar surface area (TPSA) is 26.3 Å². The highest BCUT2D eigenvalue weighted by molar-refractivity contribution is 5.70. The van der Waals surface area contributed by atoms with Gasteiger partial charge in [-0.05, 0) is 13.8 Å². The van der Waals surface area contributed by atoms with Crippen molar-refractivity contribution in [2.24, 2.45) is 0 Å². The predicted molar refractivity (Wildman–Crippen MR) is 27.2 cm³/mol. The van der Waals surface area contributed by atoms with Gasteiger partial charge in [-0.25, -0.2) is 9.18 Å². The van der Waals surface area contributed by atoms with Gasteiger partial charge >= 0.3 is 5.97 Å². The van der Waals surface area contributed by atoms with Crippen molar-refractivity contribution in [3.63, 3.8) is 0 Å². The first-order valence-electron chi connectivity index (χ1n) is 2.42. The number of alkyl halides is 1. The van der Waals surface area contributed by atoms with E-state index in [1.54, 1.807) is 13.8 Å². The van der Waals surface area contributed by atoms with Gasteiger partial charge in [0.1, 0.15) is 0 Å². The van der Waals surface area contributed by atoms with E-state index in [-0.39, 0.29) is 6.10 Å². The monoisotopic (exact) mass is 120 g/mol. The third kappa shape index (κ3) is 3.59. The van der Waals surface area contributed by atoms with Crippen molar-refractivity contribution < 1.29 is 13.9 Å². The maximum atomic E-state index is 11.3. The fourth-order valence-corrected chi connectivity index (χ4v) is 0.294. The molecule has 0 heterocycles. The number of halogens is 1. The van der Waals surface area contributed by atoms with Gasteiger partial charge < -0.3 is 4.74 Å². The molecule has 0 bridgehead atoms. The molecule has 0 amide bonds. The van der Waals surface area contributed by atoms with Gasteiger partial charge in [-0.1, -0.05) is 0 Å². The highest BCUT2D eigenvalue weighted by atomic mass is 19.1. The molecule has 0 atom stereocenters. The van der Waals surface area contributed by atoms with Crippen molar-refractivity contribution in [3.05, 3.63) is 0 Å². The highest BCUT2D eigenvalue weighted by Crippen LogP contribution is 1.87. The lowest BCUT2D eigenvalue weighted by molar-refractivity contribution is -0.148. The van der Waals surface area contributed by atoms with E-state index in [1.165, 1.54) is 0 Å². The van der Waals surface area contributed by atoms with E-state index in [9.17, 15) is 9.18 Å². The van der Waals surface area contributed by atoms with Crippen molar-refractivity contribution >= 4 is 5.97 Å². The minimum Gasteiger partial charge on any atom is -0.461 e. The molecule has 0 aliphatic carbocycles. The van der Waals surface area contributed by atoms with Gasteiger partial charge in [-0.15, -0.1) is 0 Å². The first-order valence-corrected chi connectivity index (χ1v) is 2.42. The highest BCUT2D eigenvalue weighted by Gasteiger charge is 2.01. The Labute approximate surface area is 47.6 Å². The van der Waals surface area contributed by atoms with Crippen LogP contribution in [0.5, 0.6) is 0 Å². The van der Waals surface area contributed by atoms with Crippen LogP contribution in [-0.4, -0.2) is 18.7 Å². The molecule has 0 spiro atoms. The van der Waals surface area contributed by atoms with Gasteiger partial charge in [-0.2, -0.15) is 0 Å². The van der Waals surface area contributed by atoms with E-state index in [4.69, 9.17) is 0 Å². The summed E-state index contributed by atoms with van der Waals surface area (Å²) in [5, 5.41) is 0. The molecule has 0 unspecified atom stereocenters. The largest absolute Gasteiger partial charge is 0.461 e. The zero-order valence-electron chi connectivity index (χ0n) is 4.98. The number of hydrogen-bond donors (Lipinski definition) is 0. The van der Waals surface area contributed by atoms with E-state index in [2.05, 4.69) is 4.74 Å². The normalized spacial score (nSPS) is 9.50. The molecule has 8 heavy (non-hydrogen) atoms. The summed E-state index contributed by atoms with van der Waals surface area (Å²) in [6.45, 7) is 2.32. The summed E-state index contributed by atoms with van der Waals surface area (Å²) in [6, 6.07) is 0. The third-order valence-corrected chi connectivity index (χ3v) is 0.476. The summed E-state index contributed by atoms with van der Waals surface area (Å²) in [6.07, 6.45) is -0.210. The number of esters is 1. The minimum atomic E-state index is -1.03. The van der Waals surface area contributed by atoms with Crippen LogP contribution in [0.15, 0.2) is 0 Å². The Balaban J connectivity index is 3.25. The van der Waals surface area contributed by atoms with Crippen molar-refractivity contribution in [1.29, 1.82) is 0 Å². The minimum absolute atomic E-state index is 0.210. The molecular weight excluding hydrogens is 111 g/mol. The standard InChI is InChI=1S/C5H9FO2/c1-4(2)8-5(7)3-6/h4H,3H2,1-2H3. The molecule has 0 aliphatic rings. The quantitative estimate of drug-likeness (QED) is 0.506. The van der Waals surface area contributed by atoms with Crippen molar-refractivity contribution in [1.82, 2.24) is 0 Å². The average Bonchev–Trinajstić information content (AvgIpc) is 1.65. The molecule has 0 radical (unpaired) electrons. The number of carbonyl (C=O) groups is 1. The molecular formula is C5H9FO2. The molecule has 0 N–H and O–H groups in total. The van der Waals surface area contributed by atoms with Gasteiger partial charge in [0.2, 0.25) is 0 Å². The van der Waals surface area contributed by atoms with Crippen molar-refractivity contribution in [3.8, 4) is 0 Å². The Morgan fingerprint density at radius 1 is 1.75 bits per heavy atom. The fourth-order valence-electron chi connectivity index (χ4n) is 0.294. The Hall–Kier alpha value is -0.600. The molecule has 0 fully saturated rings. The van der Waals surface area contributed by atoms with Gasteiger partial charge in [0, 0.05) is 0 Å². The van der Waals surface area contributed by atoms with E-state index in [1.807, 2.05) is 0 Å². The molecule has 0 aromatic carbocycles. The smallest absolute Gasteiger partial charge is 0.337 e. The molecule has 0 aromatic heterocycles. The van der Waals surface area contributed by atoms with E-state index >= 15 is 0 Å². The lowest BCUT2D eigenvalue weighted by Crippen LogP contribution is -2.12. The van der Waals surface area contributed by atoms with E-state index in [0.29, 0.717) is 0 Å². The summed E-state index contributed by atoms with van der Waals surface area (Å²) in [7, 11) is 0. The lowest BCUT2D eigenvalue weighted by atomic mass is 10.5. The molecule has 3 heteroatoms. The maximum absolute atomic E-state index is 11.3. The SMILES string of the molecule is CC(C)OC(=O)CF. The lowest BCUT2D eigenvalue weighted by Gasteiger charge is -2.03. The van der Waals surface area contributed by atoms with Crippen LogP contribution >= 0.6 is 0 Å². The Morgan fingerprint density at radius 3 is 2.38 bits per heavy atom. The van der Waals surface area contributed by atoms with Crippen LogP contribution in [-0.2, 0) is 9.53 Å². The van der Waals surface area contributed by atoms with Crippen LogP contribution in [0.25, 0.3) is 0 Å². The average molecular weight is 120 g/mol. The molecule has 0 aromatic rings. The number of rotatable bonds is 2. The van der Waals surface area contributed by atoms with Gasteiger partial charge in [0.25, 0.3) is 0 Å². The summed E-state index contributed by atoms with van der Waals surface area (Å²) in [5.74, 6) is -0.792. The maximum Gasteiger partial charge on any atom is 0.337 e. The Morgan fingerprint density at radius 2 is 2.25 bits per heavy atom. The molecule has 0 saturated carbocycles. The summed E-state index contributed by atoms with van der Waals surface area (Å²) in [4.78, 5) is 10.0. The zero-order chi connectivity index (χ0) is 6.57. The molecule has 48 valence electrons. The van der Waals surface area contributed by atoms with E-state index < -0.39 is 12.6 Å². The van der Waals surface area contributed by atoms with Crippen LogP contribution in [0, 0.1) is 0 Å². The van der Waals surface area contributed by atoms with Gasteiger partial charge in [-0.3, -0.25) is 0 Å². The zero-order valence-corrected chi connectivity index (χ0v) is 4.98. The van der Waals surface area contributed by atoms with E-state index in [0.717, 1.165) is 0 Å². The first-order chi connectivity index (χ1) is 3.66. The molecule has 0 saturated heterocycles. The Kier molecular flexibility index (Phi) is 3.15. The van der Waals surface area contributed by atoms with Gasteiger partial charge in [0.05, 0.1) is 6.10 Å². The second-order valence-electron chi connectivity index (χ2n) is 1.67. The van der Waals surface area contributed by atoms with Crippen LogP contribution in [0.1, 0.15) is 13.8 Å². The summed E-state index contributed by atoms with van der Waals surface area (Å²) in [5.41, 5.74) is 0. The number of ether oxygens (including phenoxy) is 1. The van der Waals surface area contributed by atoms with Crippen LogP contribution in [0.4, 0.5) is 4.39 Å². The van der Waals surface area contributed by atoms with Crippen molar-refractivity contribution in [2.75, 3.05) is 6.67 Å². The van der Waals surface area contributed by atoms with Crippen LogP contribution in [0.3, 0.4) is 0 Å². The third-order valence-electron chi connectivity index (χ3n) is 0.476. The summed E-state index contributed by atoms with van der Waals surface area (Å²) >= 11 is 0. The second-order valence-corrected chi connectivity index (χ2v) is 1.67. The Bertz CT molecular complexity index is 80.5. The second kappa shape index (κ2) is 3.41. The summed E-state index contributed by atoms with van der Waals surface area (Å²) < 4.78 is 15.7. The molecule has 0 rings (SSSR count). The van der Waals surface area contributed by atoms with Crippen molar-refractivity contribution in [2.45, 2.75) is 20.0 Å². The van der Waals surface area contributed by atoms with Crippen LogP contribution in [0.2, 0.25) is 0 Å². The molecule has 2 nitrogen and oxygen atoms in total. The van der Waals surface area contributed by atoms with Crippen LogP contribution < -0.4 is 0 Å². The molecule has 0 aliphatic heterocycles. The first kappa shape index (κ1) is 7.40. The number of carbonyl (C=O) groups excluding carboxylic acids is 1. The predicted octanol–water partition coefficient (Wildman–Crippen LogP) is 0.907. The van der Waals surface area contributed by atoms with Gasteiger partial charge in [0.15, 0.2) is 6.67 Å². The fraction of sp³-hybridized carbons (Fsp3) is 0.800.